The molecule has 0 aliphatic rings. The predicted molar refractivity (Wildman–Crippen MR) is 78.4 cm³/mol. The molecule has 0 spiro atoms. The summed E-state index contributed by atoms with van der Waals surface area (Å²) in [6.07, 6.45) is 2.79. The number of hydrogen-bond donors (Lipinski definition) is 1. The van der Waals surface area contributed by atoms with Crippen LogP contribution in [0.25, 0.3) is 0 Å². The van der Waals surface area contributed by atoms with Crippen molar-refractivity contribution in [2.24, 2.45) is 7.05 Å². The molecule has 0 bridgehead atoms. The van der Waals surface area contributed by atoms with Crippen LogP contribution in [-0.2, 0) is 13.7 Å². The van der Waals surface area contributed by atoms with Gasteiger partial charge in [-0.1, -0.05) is 18.2 Å². The van der Waals surface area contributed by atoms with E-state index in [9.17, 15) is 4.39 Å². The number of ether oxygens (including phenoxy) is 1. The first-order valence-electron chi connectivity index (χ1n) is 7.11. The third-order valence-corrected chi connectivity index (χ3v) is 3.18. The molecular formula is C15H21FN4O. The molecule has 1 N–H and O–H groups in total. The summed E-state index contributed by atoms with van der Waals surface area (Å²) in [5.41, 5.74) is 1.58. The molecule has 5 nitrogen and oxygen atoms in total. The van der Waals surface area contributed by atoms with Crippen molar-refractivity contribution in [1.29, 1.82) is 0 Å². The number of hydrogen-bond acceptors (Lipinski definition) is 4. The molecule has 0 saturated heterocycles. The monoisotopic (exact) mass is 292 g/mol. The molecule has 114 valence electrons. The van der Waals surface area contributed by atoms with E-state index in [1.165, 1.54) is 6.07 Å². The molecule has 1 aromatic carbocycles. The molecule has 1 unspecified atom stereocenters. The maximum atomic E-state index is 14.0. The molecule has 0 amide bonds. The van der Waals surface area contributed by atoms with Crippen LogP contribution in [0.15, 0.2) is 24.4 Å². The van der Waals surface area contributed by atoms with Gasteiger partial charge in [0, 0.05) is 13.1 Å². The summed E-state index contributed by atoms with van der Waals surface area (Å²) in [6, 6.07) is 5.17. The van der Waals surface area contributed by atoms with Gasteiger partial charge in [-0.25, -0.2) is 4.39 Å². The Morgan fingerprint density at radius 2 is 2.24 bits per heavy atom. The summed E-state index contributed by atoms with van der Waals surface area (Å²) >= 11 is 0. The highest BCUT2D eigenvalue weighted by Gasteiger charge is 2.10. The topological polar surface area (TPSA) is 52.0 Å². The normalized spacial score (nSPS) is 12.4. The highest BCUT2D eigenvalue weighted by molar-refractivity contribution is 5.31. The third kappa shape index (κ3) is 4.26. The van der Waals surface area contributed by atoms with E-state index >= 15 is 0 Å². The van der Waals surface area contributed by atoms with Crippen molar-refractivity contribution in [2.45, 2.75) is 32.9 Å². The summed E-state index contributed by atoms with van der Waals surface area (Å²) < 4.78 is 21.1. The van der Waals surface area contributed by atoms with Crippen LogP contribution in [0.4, 0.5) is 4.39 Å². The average Bonchev–Trinajstić information content (AvgIpc) is 2.89. The van der Waals surface area contributed by atoms with Crippen molar-refractivity contribution in [3.05, 3.63) is 41.5 Å². The van der Waals surface area contributed by atoms with Gasteiger partial charge in [-0.2, -0.15) is 0 Å². The SMILES string of the molecule is CCCNC(C)c1ccc(OCc2cn(C)nn2)c(F)c1. The quantitative estimate of drug-likeness (QED) is 0.852. The molecule has 6 heteroatoms. The molecule has 1 heterocycles. The van der Waals surface area contributed by atoms with Gasteiger partial charge in [0.2, 0.25) is 0 Å². The zero-order chi connectivity index (χ0) is 15.2. The minimum Gasteiger partial charge on any atom is -0.484 e. The molecule has 0 radical (unpaired) electrons. The van der Waals surface area contributed by atoms with Crippen LogP contribution in [-0.4, -0.2) is 21.5 Å². The van der Waals surface area contributed by atoms with Crippen LogP contribution in [0.2, 0.25) is 0 Å². The Morgan fingerprint density at radius 1 is 1.43 bits per heavy atom. The van der Waals surface area contributed by atoms with E-state index in [-0.39, 0.29) is 24.2 Å². The molecule has 2 aromatic rings. The van der Waals surface area contributed by atoms with Gasteiger partial charge in [-0.15, -0.1) is 5.10 Å². The second-order valence-corrected chi connectivity index (χ2v) is 5.04. The molecular weight excluding hydrogens is 271 g/mol. The number of aryl methyl sites for hydroxylation is 1. The van der Waals surface area contributed by atoms with Gasteiger partial charge in [0.15, 0.2) is 11.6 Å². The second-order valence-electron chi connectivity index (χ2n) is 5.04. The van der Waals surface area contributed by atoms with Gasteiger partial charge in [0.25, 0.3) is 0 Å². The van der Waals surface area contributed by atoms with Crippen molar-refractivity contribution in [3.63, 3.8) is 0 Å². The first-order chi connectivity index (χ1) is 10.1. The van der Waals surface area contributed by atoms with Crippen molar-refractivity contribution in [1.82, 2.24) is 20.3 Å². The lowest BCUT2D eigenvalue weighted by atomic mass is 10.1. The lowest BCUT2D eigenvalue weighted by molar-refractivity contribution is 0.285. The second kappa shape index (κ2) is 7.17. The van der Waals surface area contributed by atoms with Crippen LogP contribution in [0, 0.1) is 5.82 Å². The van der Waals surface area contributed by atoms with E-state index in [0.29, 0.717) is 5.69 Å². The fourth-order valence-electron chi connectivity index (χ4n) is 2.00. The summed E-state index contributed by atoms with van der Waals surface area (Å²) in [5, 5.41) is 11.0. The standard InChI is InChI=1S/C15H21FN4O/c1-4-7-17-11(2)12-5-6-15(14(16)8-12)21-10-13-9-20(3)19-18-13/h5-6,8-9,11,17H,4,7,10H2,1-3H3. The molecule has 0 fully saturated rings. The van der Waals surface area contributed by atoms with Gasteiger partial charge in [-0.3, -0.25) is 4.68 Å². The van der Waals surface area contributed by atoms with Crippen LogP contribution < -0.4 is 10.1 Å². The first kappa shape index (κ1) is 15.4. The first-order valence-corrected chi connectivity index (χ1v) is 7.11. The fourth-order valence-corrected chi connectivity index (χ4v) is 2.00. The Morgan fingerprint density at radius 3 is 2.86 bits per heavy atom. The number of benzene rings is 1. The zero-order valence-electron chi connectivity index (χ0n) is 12.6. The Labute approximate surface area is 124 Å². The van der Waals surface area contributed by atoms with E-state index in [2.05, 4.69) is 22.6 Å². The number of nitrogens with one attached hydrogen (secondary N) is 1. The number of rotatable bonds is 7. The van der Waals surface area contributed by atoms with E-state index in [1.54, 1.807) is 24.0 Å². The zero-order valence-corrected chi connectivity index (χ0v) is 12.6. The van der Waals surface area contributed by atoms with Crippen LogP contribution >= 0.6 is 0 Å². The molecule has 21 heavy (non-hydrogen) atoms. The van der Waals surface area contributed by atoms with E-state index in [1.807, 2.05) is 13.0 Å². The van der Waals surface area contributed by atoms with E-state index in [0.717, 1.165) is 18.5 Å². The predicted octanol–water partition coefficient (Wildman–Crippen LogP) is 2.59. The van der Waals surface area contributed by atoms with Crippen molar-refractivity contribution in [3.8, 4) is 5.75 Å². The summed E-state index contributed by atoms with van der Waals surface area (Å²) in [7, 11) is 1.77. The maximum Gasteiger partial charge on any atom is 0.165 e. The van der Waals surface area contributed by atoms with Gasteiger partial charge in [0.1, 0.15) is 12.3 Å². The van der Waals surface area contributed by atoms with Gasteiger partial charge < -0.3 is 10.1 Å². The lowest BCUT2D eigenvalue weighted by Crippen LogP contribution is -2.19. The minimum atomic E-state index is -0.360. The van der Waals surface area contributed by atoms with Crippen LogP contribution in [0.5, 0.6) is 5.75 Å². The lowest BCUT2D eigenvalue weighted by Gasteiger charge is -2.14. The maximum absolute atomic E-state index is 14.0. The van der Waals surface area contributed by atoms with E-state index in [4.69, 9.17) is 4.74 Å². The smallest absolute Gasteiger partial charge is 0.165 e. The van der Waals surface area contributed by atoms with Crippen molar-refractivity contribution >= 4 is 0 Å². The molecule has 2 rings (SSSR count). The minimum absolute atomic E-state index is 0.119. The van der Waals surface area contributed by atoms with Gasteiger partial charge in [-0.05, 0) is 37.6 Å². The van der Waals surface area contributed by atoms with Gasteiger partial charge >= 0.3 is 0 Å². The Hall–Kier alpha value is -1.95. The summed E-state index contributed by atoms with van der Waals surface area (Å²) in [4.78, 5) is 0. The van der Waals surface area contributed by atoms with Gasteiger partial charge in [0.05, 0.1) is 6.20 Å². The van der Waals surface area contributed by atoms with Crippen LogP contribution in [0.1, 0.15) is 37.6 Å². The Kier molecular flexibility index (Phi) is 5.27. The molecule has 0 saturated carbocycles. The average molecular weight is 292 g/mol. The highest BCUT2D eigenvalue weighted by atomic mass is 19.1. The fraction of sp³-hybridized carbons (Fsp3) is 0.467. The number of aromatic nitrogens is 3. The largest absolute Gasteiger partial charge is 0.484 e. The van der Waals surface area contributed by atoms with Crippen molar-refractivity contribution < 1.29 is 9.13 Å². The molecule has 0 aliphatic heterocycles. The summed E-state index contributed by atoms with van der Waals surface area (Å²) in [5.74, 6) is -0.131. The Bertz CT molecular complexity index is 585. The molecule has 1 aromatic heterocycles. The molecule has 1 atom stereocenters. The molecule has 0 aliphatic carbocycles. The highest BCUT2D eigenvalue weighted by Crippen LogP contribution is 2.22. The van der Waals surface area contributed by atoms with E-state index < -0.39 is 0 Å². The third-order valence-electron chi connectivity index (χ3n) is 3.18. The van der Waals surface area contributed by atoms with Crippen molar-refractivity contribution in [2.75, 3.05) is 6.54 Å². The Balaban J connectivity index is 1.98. The van der Waals surface area contributed by atoms with Crippen LogP contribution in [0.3, 0.4) is 0 Å². The number of nitrogens with zero attached hydrogens (tertiary/aromatic N) is 3. The summed E-state index contributed by atoms with van der Waals surface area (Å²) in [6.45, 7) is 5.23. The number of halogens is 1.